The van der Waals surface area contributed by atoms with E-state index in [9.17, 15) is 0 Å². The Morgan fingerprint density at radius 3 is 2.67 bits per heavy atom. The monoisotopic (exact) mass is 283 g/mol. The van der Waals surface area contributed by atoms with Crippen molar-refractivity contribution < 1.29 is 4.74 Å². The molecular weight excluding hydrogens is 262 g/mol. The first kappa shape index (κ1) is 14.0. The predicted octanol–water partition coefficient (Wildman–Crippen LogP) is 2.34. The maximum Gasteiger partial charge on any atom is 0.137 e. The van der Waals surface area contributed by atoms with Gasteiger partial charge in [0, 0.05) is 24.6 Å². The third-order valence-electron chi connectivity index (χ3n) is 4.10. The van der Waals surface area contributed by atoms with E-state index in [0.717, 1.165) is 25.2 Å². The normalized spacial score (nSPS) is 18.2. The van der Waals surface area contributed by atoms with Gasteiger partial charge in [0.05, 0.1) is 6.20 Å². The number of nitrogens with zero attached hydrogens (tertiary/aromatic N) is 3. The molecule has 0 N–H and O–H groups in total. The Morgan fingerprint density at radius 2 is 1.95 bits per heavy atom. The molecule has 1 saturated heterocycles. The van der Waals surface area contributed by atoms with Crippen molar-refractivity contribution in [3.63, 3.8) is 0 Å². The van der Waals surface area contributed by atoms with Crippen LogP contribution in [0.25, 0.3) is 0 Å². The van der Waals surface area contributed by atoms with Gasteiger partial charge in [0.1, 0.15) is 12.4 Å². The van der Waals surface area contributed by atoms with Gasteiger partial charge in [0.25, 0.3) is 0 Å². The van der Waals surface area contributed by atoms with Crippen LogP contribution in [0.1, 0.15) is 17.5 Å². The highest BCUT2D eigenvalue weighted by Gasteiger charge is 2.24. The second-order valence-electron chi connectivity index (χ2n) is 5.62. The first-order valence-corrected chi connectivity index (χ1v) is 7.47. The summed E-state index contributed by atoms with van der Waals surface area (Å²) in [6.45, 7) is 1.93. The van der Waals surface area contributed by atoms with Crippen molar-refractivity contribution >= 4 is 0 Å². The van der Waals surface area contributed by atoms with Gasteiger partial charge in [-0.2, -0.15) is 0 Å². The molecule has 0 bridgehead atoms. The number of hydrogen-bond acceptors (Lipinski definition) is 4. The largest absolute Gasteiger partial charge is 0.490 e. The number of likely N-dealkylation sites (tertiary alicyclic amines) is 1. The average molecular weight is 283 g/mol. The van der Waals surface area contributed by atoms with E-state index in [-0.39, 0.29) is 0 Å². The fourth-order valence-corrected chi connectivity index (χ4v) is 2.49. The lowest BCUT2D eigenvalue weighted by molar-refractivity contribution is 0.0767. The summed E-state index contributed by atoms with van der Waals surface area (Å²) in [6.07, 6.45) is 10.6. The molecule has 0 radical (unpaired) electrons. The zero-order valence-corrected chi connectivity index (χ0v) is 12.4. The van der Waals surface area contributed by atoms with Crippen LogP contribution in [0, 0.1) is 0 Å². The molecule has 2 aromatic heterocycles. The van der Waals surface area contributed by atoms with Crippen molar-refractivity contribution in [3.05, 3.63) is 54.1 Å². The van der Waals surface area contributed by atoms with E-state index >= 15 is 0 Å². The fraction of sp³-hybridized carbons (Fsp3) is 0.412. The molecule has 1 aliphatic rings. The summed E-state index contributed by atoms with van der Waals surface area (Å²) in [6, 6.07) is 6.78. The molecular formula is C17H21N3O. The highest BCUT2D eigenvalue weighted by Crippen LogP contribution is 2.18. The molecule has 3 heterocycles. The summed E-state index contributed by atoms with van der Waals surface area (Å²) >= 11 is 0. The second kappa shape index (κ2) is 6.68. The van der Waals surface area contributed by atoms with Crippen molar-refractivity contribution in [3.8, 4) is 5.75 Å². The zero-order chi connectivity index (χ0) is 14.5. The Kier molecular flexibility index (Phi) is 4.46. The molecule has 0 aliphatic carbocycles. The SMILES string of the molecule is CN1CC[C@H]1COc1cncc(CCc2ccncc2)c1. The lowest BCUT2D eigenvalue weighted by Gasteiger charge is -2.37. The minimum atomic E-state index is 0.561. The highest BCUT2D eigenvalue weighted by atomic mass is 16.5. The molecule has 21 heavy (non-hydrogen) atoms. The smallest absolute Gasteiger partial charge is 0.137 e. The lowest BCUT2D eigenvalue weighted by Crippen LogP contribution is -2.48. The van der Waals surface area contributed by atoms with E-state index in [4.69, 9.17) is 4.74 Å². The molecule has 1 fully saturated rings. The third kappa shape index (κ3) is 3.79. The number of aryl methyl sites for hydroxylation is 2. The van der Waals surface area contributed by atoms with Gasteiger partial charge in [-0.3, -0.25) is 14.9 Å². The molecule has 0 aromatic carbocycles. The zero-order valence-electron chi connectivity index (χ0n) is 12.4. The molecule has 4 nitrogen and oxygen atoms in total. The summed E-state index contributed by atoms with van der Waals surface area (Å²) in [5.41, 5.74) is 2.51. The number of likely N-dealkylation sites (N-methyl/N-ethyl adjacent to an activating group) is 1. The van der Waals surface area contributed by atoms with Gasteiger partial charge < -0.3 is 4.74 Å². The molecule has 4 heteroatoms. The van der Waals surface area contributed by atoms with Gasteiger partial charge in [-0.25, -0.2) is 0 Å². The van der Waals surface area contributed by atoms with Gasteiger partial charge in [-0.15, -0.1) is 0 Å². The van der Waals surface area contributed by atoms with Gasteiger partial charge in [0.15, 0.2) is 0 Å². The highest BCUT2D eigenvalue weighted by molar-refractivity contribution is 5.25. The first-order chi connectivity index (χ1) is 10.3. The van der Waals surface area contributed by atoms with Crippen LogP contribution >= 0.6 is 0 Å². The second-order valence-corrected chi connectivity index (χ2v) is 5.62. The standard InChI is InChI=1S/C17H21N3O/c1-20-9-6-16(20)13-21-17-10-15(11-19-12-17)3-2-14-4-7-18-8-5-14/h4-5,7-8,10-12,16H,2-3,6,9,13H2,1H3/t16-/m0/s1. The van der Waals surface area contributed by atoms with Crippen LogP contribution in [-0.4, -0.2) is 41.1 Å². The average Bonchev–Trinajstić information content (AvgIpc) is 2.53. The van der Waals surface area contributed by atoms with Crippen LogP contribution in [-0.2, 0) is 12.8 Å². The van der Waals surface area contributed by atoms with E-state index in [1.807, 2.05) is 18.6 Å². The summed E-state index contributed by atoms with van der Waals surface area (Å²) in [7, 11) is 2.14. The van der Waals surface area contributed by atoms with Crippen LogP contribution < -0.4 is 4.74 Å². The summed E-state index contributed by atoms with van der Waals surface area (Å²) in [5.74, 6) is 0.877. The molecule has 0 unspecified atom stereocenters. The molecule has 0 saturated carbocycles. The predicted molar refractivity (Wildman–Crippen MR) is 82.4 cm³/mol. The first-order valence-electron chi connectivity index (χ1n) is 7.47. The molecule has 0 spiro atoms. The molecule has 0 amide bonds. The van der Waals surface area contributed by atoms with E-state index < -0.39 is 0 Å². The van der Waals surface area contributed by atoms with Gasteiger partial charge in [0.2, 0.25) is 0 Å². The third-order valence-corrected chi connectivity index (χ3v) is 4.10. The van der Waals surface area contributed by atoms with E-state index in [0.29, 0.717) is 6.04 Å². The molecule has 1 aliphatic heterocycles. The topological polar surface area (TPSA) is 38.2 Å². The quantitative estimate of drug-likeness (QED) is 0.815. The van der Waals surface area contributed by atoms with E-state index in [2.05, 4.69) is 40.1 Å². The van der Waals surface area contributed by atoms with Crippen molar-refractivity contribution in [1.82, 2.24) is 14.9 Å². The van der Waals surface area contributed by atoms with Gasteiger partial charge >= 0.3 is 0 Å². The molecule has 110 valence electrons. The Hall–Kier alpha value is -1.94. The lowest BCUT2D eigenvalue weighted by atomic mass is 10.1. The minimum Gasteiger partial charge on any atom is -0.490 e. The number of hydrogen-bond donors (Lipinski definition) is 0. The summed E-state index contributed by atoms with van der Waals surface area (Å²) < 4.78 is 5.86. The van der Waals surface area contributed by atoms with Crippen molar-refractivity contribution in [2.75, 3.05) is 20.2 Å². The Bertz CT molecular complexity index is 573. The Morgan fingerprint density at radius 1 is 1.14 bits per heavy atom. The van der Waals surface area contributed by atoms with Crippen molar-refractivity contribution in [2.24, 2.45) is 0 Å². The molecule has 3 rings (SSSR count). The van der Waals surface area contributed by atoms with Crippen LogP contribution in [0.2, 0.25) is 0 Å². The van der Waals surface area contributed by atoms with Crippen molar-refractivity contribution in [2.45, 2.75) is 25.3 Å². The van der Waals surface area contributed by atoms with Crippen LogP contribution in [0.4, 0.5) is 0 Å². The van der Waals surface area contributed by atoms with Gasteiger partial charge in [-0.05, 0) is 62.2 Å². The summed E-state index contributed by atoms with van der Waals surface area (Å²) in [5, 5.41) is 0. The van der Waals surface area contributed by atoms with E-state index in [1.54, 1.807) is 6.20 Å². The molecule has 2 aromatic rings. The number of ether oxygens (including phenoxy) is 1. The van der Waals surface area contributed by atoms with E-state index in [1.165, 1.54) is 24.1 Å². The Balaban J connectivity index is 1.53. The summed E-state index contributed by atoms with van der Waals surface area (Å²) in [4.78, 5) is 10.6. The van der Waals surface area contributed by atoms with Gasteiger partial charge in [-0.1, -0.05) is 0 Å². The van der Waals surface area contributed by atoms with Crippen molar-refractivity contribution in [1.29, 1.82) is 0 Å². The van der Waals surface area contributed by atoms with Crippen LogP contribution in [0.3, 0.4) is 0 Å². The van der Waals surface area contributed by atoms with Crippen LogP contribution in [0.15, 0.2) is 43.0 Å². The van der Waals surface area contributed by atoms with Crippen LogP contribution in [0.5, 0.6) is 5.75 Å². The number of rotatable bonds is 6. The number of aromatic nitrogens is 2. The molecule has 1 atom stereocenters. The number of pyridine rings is 2. The minimum absolute atomic E-state index is 0.561. The maximum absolute atomic E-state index is 5.86. The fourth-order valence-electron chi connectivity index (χ4n) is 2.49. The Labute approximate surface area is 125 Å². The maximum atomic E-state index is 5.86.